The SMILES string of the molecule is CN1SN(C)C2CC(N=C=S)CCC21. The third-order valence-electron chi connectivity index (χ3n) is 3.18. The molecule has 2 rings (SSSR count). The van der Waals surface area contributed by atoms with Gasteiger partial charge in [-0.2, -0.15) is 0 Å². The van der Waals surface area contributed by atoms with Crippen LogP contribution in [0.3, 0.4) is 0 Å². The number of fused-ring (bicyclic) bond motifs is 1. The van der Waals surface area contributed by atoms with Gasteiger partial charge in [0.15, 0.2) is 0 Å². The zero-order chi connectivity index (χ0) is 10.1. The highest BCUT2D eigenvalue weighted by molar-refractivity contribution is 7.94. The minimum atomic E-state index is 0.406. The van der Waals surface area contributed by atoms with Gasteiger partial charge in [-0.3, -0.25) is 0 Å². The number of nitrogens with zero attached hydrogens (tertiary/aromatic N) is 3. The van der Waals surface area contributed by atoms with E-state index in [4.69, 9.17) is 0 Å². The average molecular weight is 229 g/mol. The lowest BCUT2D eigenvalue weighted by Gasteiger charge is -2.31. The van der Waals surface area contributed by atoms with Crippen LogP contribution in [0.2, 0.25) is 0 Å². The van der Waals surface area contributed by atoms with Gasteiger partial charge in [0.2, 0.25) is 0 Å². The summed E-state index contributed by atoms with van der Waals surface area (Å²) in [5.41, 5.74) is 0. The Kier molecular flexibility index (Phi) is 3.24. The van der Waals surface area contributed by atoms with Crippen molar-refractivity contribution in [3.05, 3.63) is 0 Å². The van der Waals surface area contributed by atoms with E-state index in [-0.39, 0.29) is 0 Å². The van der Waals surface area contributed by atoms with Crippen LogP contribution in [-0.4, -0.2) is 46.0 Å². The minimum absolute atomic E-state index is 0.406. The van der Waals surface area contributed by atoms with Crippen molar-refractivity contribution < 1.29 is 0 Å². The monoisotopic (exact) mass is 229 g/mol. The maximum Gasteiger partial charge on any atom is 0.0619 e. The maximum atomic E-state index is 4.66. The molecule has 0 spiro atoms. The molecule has 0 N–H and O–H groups in total. The smallest absolute Gasteiger partial charge is 0.0619 e. The summed E-state index contributed by atoms with van der Waals surface area (Å²) in [6, 6.07) is 1.74. The molecule has 14 heavy (non-hydrogen) atoms. The van der Waals surface area contributed by atoms with E-state index in [1.165, 1.54) is 6.42 Å². The van der Waals surface area contributed by atoms with E-state index >= 15 is 0 Å². The van der Waals surface area contributed by atoms with E-state index in [0.717, 1.165) is 12.8 Å². The molecule has 1 saturated carbocycles. The van der Waals surface area contributed by atoms with Gasteiger partial charge in [-0.15, -0.1) is 0 Å². The molecule has 2 fully saturated rings. The number of aliphatic imine (C=N–C) groups is 1. The van der Waals surface area contributed by atoms with Crippen LogP contribution in [0.25, 0.3) is 0 Å². The van der Waals surface area contributed by atoms with Gasteiger partial charge in [-0.25, -0.2) is 13.6 Å². The fourth-order valence-corrected chi connectivity index (χ4v) is 3.71. The van der Waals surface area contributed by atoms with Crippen molar-refractivity contribution in [2.24, 2.45) is 4.99 Å². The molecule has 0 amide bonds. The second-order valence-corrected chi connectivity index (χ2v) is 5.49. The predicted octanol–water partition coefficient (Wildman–Crippen LogP) is 1.82. The van der Waals surface area contributed by atoms with Gasteiger partial charge < -0.3 is 0 Å². The number of likely N-dealkylation sites (N-methyl/N-ethyl adjacent to an activating group) is 2. The number of rotatable bonds is 1. The van der Waals surface area contributed by atoms with Gasteiger partial charge >= 0.3 is 0 Å². The minimum Gasteiger partial charge on any atom is -0.236 e. The summed E-state index contributed by atoms with van der Waals surface area (Å²) in [6.07, 6.45) is 3.51. The van der Waals surface area contributed by atoms with Gasteiger partial charge in [0, 0.05) is 24.2 Å². The van der Waals surface area contributed by atoms with Crippen LogP contribution in [0.4, 0.5) is 0 Å². The molecule has 2 aliphatic rings. The van der Waals surface area contributed by atoms with E-state index < -0.39 is 0 Å². The Morgan fingerprint density at radius 2 is 2.00 bits per heavy atom. The van der Waals surface area contributed by atoms with Gasteiger partial charge in [-0.1, -0.05) is 0 Å². The Morgan fingerprint density at radius 1 is 1.29 bits per heavy atom. The second-order valence-electron chi connectivity index (χ2n) is 4.00. The molecule has 1 heterocycles. The molecule has 1 aliphatic carbocycles. The molecule has 3 unspecified atom stereocenters. The van der Waals surface area contributed by atoms with Gasteiger partial charge in [0.05, 0.1) is 11.2 Å². The highest BCUT2D eigenvalue weighted by Crippen LogP contribution is 2.39. The zero-order valence-corrected chi connectivity index (χ0v) is 10.1. The summed E-state index contributed by atoms with van der Waals surface area (Å²) < 4.78 is 4.71. The highest BCUT2D eigenvalue weighted by atomic mass is 32.2. The van der Waals surface area contributed by atoms with Crippen LogP contribution >= 0.6 is 24.4 Å². The van der Waals surface area contributed by atoms with Crippen LogP contribution in [0.5, 0.6) is 0 Å². The Bertz CT molecular complexity index is 265. The molecule has 5 heteroatoms. The first-order chi connectivity index (χ1) is 6.72. The standard InChI is InChI=1S/C9H15N3S2/c1-11-8-4-3-7(10-6-13)5-9(8)12(2)14-11/h7-9H,3-5H2,1-2H3. The molecular weight excluding hydrogens is 214 g/mol. The summed E-state index contributed by atoms with van der Waals surface area (Å²) in [7, 11) is 4.34. The predicted molar refractivity (Wildman–Crippen MR) is 63.4 cm³/mol. The number of isothiocyanates is 1. The molecule has 3 nitrogen and oxygen atoms in total. The average Bonchev–Trinajstić information content (AvgIpc) is 2.43. The summed E-state index contributed by atoms with van der Waals surface area (Å²) in [5.74, 6) is 0. The largest absolute Gasteiger partial charge is 0.236 e. The Morgan fingerprint density at radius 3 is 2.71 bits per heavy atom. The van der Waals surface area contributed by atoms with E-state index in [2.05, 4.69) is 45.1 Å². The molecule has 0 radical (unpaired) electrons. The van der Waals surface area contributed by atoms with E-state index in [1.54, 1.807) is 0 Å². The normalized spacial score (nSPS) is 39.1. The molecule has 1 aliphatic heterocycles. The molecular formula is C9H15N3S2. The highest BCUT2D eigenvalue weighted by Gasteiger charge is 2.41. The third kappa shape index (κ3) is 1.88. The van der Waals surface area contributed by atoms with Crippen LogP contribution < -0.4 is 0 Å². The maximum absolute atomic E-state index is 4.66. The molecule has 0 aromatic rings. The van der Waals surface area contributed by atoms with E-state index in [1.807, 2.05) is 12.1 Å². The van der Waals surface area contributed by atoms with Gasteiger partial charge in [-0.05, 0) is 45.6 Å². The topological polar surface area (TPSA) is 18.8 Å². The lowest BCUT2D eigenvalue weighted by molar-refractivity contribution is 0.217. The zero-order valence-electron chi connectivity index (χ0n) is 8.51. The van der Waals surface area contributed by atoms with E-state index in [9.17, 15) is 0 Å². The molecule has 78 valence electrons. The summed E-state index contributed by atoms with van der Waals surface area (Å²) in [5, 5.41) is 2.51. The van der Waals surface area contributed by atoms with Crippen molar-refractivity contribution in [3.8, 4) is 0 Å². The lowest BCUT2D eigenvalue weighted by Crippen LogP contribution is -2.41. The van der Waals surface area contributed by atoms with Crippen molar-refractivity contribution >= 4 is 29.5 Å². The fourth-order valence-electron chi connectivity index (χ4n) is 2.44. The molecule has 0 aromatic carbocycles. The molecule has 0 aromatic heterocycles. The van der Waals surface area contributed by atoms with Crippen molar-refractivity contribution in [1.29, 1.82) is 0 Å². The van der Waals surface area contributed by atoms with Crippen molar-refractivity contribution in [2.75, 3.05) is 14.1 Å². The first-order valence-electron chi connectivity index (χ1n) is 4.93. The molecule has 3 atom stereocenters. The number of hydrogen-bond donors (Lipinski definition) is 0. The Balaban J connectivity index is 2.05. The Labute approximate surface area is 94.8 Å². The van der Waals surface area contributed by atoms with Gasteiger partial charge in [0.25, 0.3) is 0 Å². The van der Waals surface area contributed by atoms with E-state index in [0.29, 0.717) is 18.1 Å². The summed E-state index contributed by atoms with van der Waals surface area (Å²) >= 11 is 6.48. The third-order valence-corrected chi connectivity index (χ3v) is 4.34. The lowest BCUT2D eigenvalue weighted by atomic mass is 9.87. The van der Waals surface area contributed by atoms with Gasteiger partial charge in [0.1, 0.15) is 0 Å². The summed E-state index contributed by atoms with van der Waals surface area (Å²) in [4.78, 5) is 4.21. The van der Waals surface area contributed by atoms with Crippen LogP contribution in [0.1, 0.15) is 19.3 Å². The van der Waals surface area contributed by atoms with Crippen LogP contribution in [-0.2, 0) is 0 Å². The van der Waals surface area contributed by atoms with Crippen molar-refractivity contribution in [3.63, 3.8) is 0 Å². The van der Waals surface area contributed by atoms with Crippen LogP contribution in [0, 0.1) is 0 Å². The number of hydrogen-bond acceptors (Lipinski definition) is 5. The summed E-state index contributed by atoms with van der Waals surface area (Å²) in [6.45, 7) is 0. The fraction of sp³-hybridized carbons (Fsp3) is 0.889. The Hall–Kier alpha value is 0.0700. The van der Waals surface area contributed by atoms with Crippen LogP contribution in [0.15, 0.2) is 4.99 Å². The van der Waals surface area contributed by atoms with Crippen molar-refractivity contribution in [1.82, 2.24) is 8.61 Å². The first-order valence-corrected chi connectivity index (χ1v) is 6.07. The molecule has 0 bridgehead atoms. The first kappa shape index (κ1) is 10.6. The second kappa shape index (κ2) is 4.29. The number of thiocarbonyl (C=S) groups is 1. The van der Waals surface area contributed by atoms with Crippen molar-refractivity contribution in [2.45, 2.75) is 37.4 Å². The molecule has 1 saturated heterocycles. The quantitative estimate of drug-likeness (QED) is 0.388.